The van der Waals surface area contributed by atoms with Crippen LogP contribution in [0.15, 0.2) is 22.7 Å². The van der Waals surface area contributed by atoms with Crippen molar-refractivity contribution in [1.82, 2.24) is 15.0 Å². The molecular weight excluding hydrogens is 310 g/mol. The summed E-state index contributed by atoms with van der Waals surface area (Å²) < 4.78 is 21.6. The van der Waals surface area contributed by atoms with Crippen molar-refractivity contribution < 1.29 is 18.7 Å². The second-order valence-corrected chi connectivity index (χ2v) is 6.00. The SMILES string of the molecule is COc1ccc(-c2noc(CN3C[C@@H](C)OC[C@@H]3C)n2)cc1OC. The van der Waals surface area contributed by atoms with Crippen molar-refractivity contribution in [3.63, 3.8) is 0 Å². The molecule has 0 unspecified atom stereocenters. The third-order valence-corrected chi connectivity index (χ3v) is 4.19. The molecule has 1 saturated heterocycles. The summed E-state index contributed by atoms with van der Waals surface area (Å²) in [4.78, 5) is 6.80. The zero-order valence-corrected chi connectivity index (χ0v) is 14.5. The lowest BCUT2D eigenvalue weighted by Crippen LogP contribution is -2.46. The fourth-order valence-corrected chi connectivity index (χ4v) is 2.78. The Balaban J connectivity index is 1.75. The molecular formula is C17H23N3O4. The van der Waals surface area contributed by atoms with E-state index in [1.54, 1.807) is 14.2 Å². The summed E-state index contributed by atoms with van der Waals surface area (Å²) in [6.45, 7) is 6.40. The van der Waals surface area contributed by atoms with Gasteiger partial charge >= 0.3 is 0 Å². The van der Waals surface area contributed by atoms with E-state index in [0.29, 0.717) is 35.8 Å². The quantitative estimate of drug-likeness (QED) is 0.832. The number of nitrogens with zero attached hydrogens (tertiary/aromatic N) is 3. The highest BCUT2D eigenvalue weighted by Crippen LogP contribution is 2.31. The molecule has 2 aromatic rings. The molecule has 0 spiro atoms. The number of aromatic nitrogens is 2. The van der Waals surface area contributed by atoms with Gasteiger partial charge in [-0.2, -0.15) is 4.98 Å². The number of rotatable bonds is 5. The highest BCUT2D eigenvalue weighted by atomic mass is 16.5. The van der Waals surface area contributed by atoms with Crippen LogP contribution in [0.2, 0.25) is 0 Å². The molecule has 1 aliphatic rings. The molecule has 0 amide bonds. The first-order chi connectivity index (χ1) is 11.6. The van der Waals surface area contributed by atoms with Gasteiger partial charge < -0.3 is 18.7 Å². The van der Waals surface area contributed by atoms with E-state index in [1.165, 1.54) is 0 Å². The van der Waals surface area contributed by atoms with E-state index in [1.807, 2.05) is 18.2 Å². The lowest BCUT2D eigenvalue weighted by Gasteiger charge is -2.35. The molecule has 0 radical (unpaired) electrons. The molecule has 2 atom stereocenters. The molecule has 1 aromatic heterocycles. The minimum Gasteiger partial charge on any atom is -0.493 e. The standard InChI is InChI=1S/C17H23N3O4/c1-11-10-23-12(2)8-20(11)9-16-18-17(19-24-16)13-5-6-14(21-3)15(7-13)22-4/h5-7,11-12H,8-10H2,1-4H3/t11-,12+/m0/s1. The molecule has 3 rings (SSSR count). The van der Waals surface area contributed by atoms with Crippen LogP contribution in [0.25, 0.3) is 11.4 Å². The largest absolute Gasteiger partial charge is 0.493 e. The van der Waals surface area contributed by atoms with Crippen LogP contribution >= 0.6 is 0 Å². The van der Waals surface area contributed by atoms with Crippen molar-refractivity contribution in [2.24, 2.45) is 0 Å². The highest BCUT2D eigenvalue weighted by molar-refractivity contribution is 5.60. The van der Waals surface area contributed by atoms with E-state index in [0.717, 1.165) is 18.7 Å². The smallest absolute Gasteiger partial charge is 0.241 e. The molecule has 0 bridgehead atoms. The Morgan fingerprint density at radius 2 is 2.00 bits per heavy atom. The Bertz CT molecular complexity index is 688. The number of hydrogen-bond acceptors (Lipinski definition) is 7. The predicted molar refractivity (Wildman–Crippen MR) is 88.1 cm³/mol. The second kappa shape index (κ2) is 7.19. The molecule has 7 heteroatoms. The Morgan fingerprint density at radius 3 is 2.75 bits per heavy atom. The average molecular weight is 333 g/mol. The molecule has 1 aromatic carbocycles. The first-order valence-corrected chi connectivity index (χ1v) is 8.01. The summed E-state index contributed by atoms with van der Waals surface area (Å²) in [6, 6.07) is 5.88. The summed E-state index contributed by atoms with van der Waals surface area (Å²) >= 11 is 0. The lowest BCUT2D eigenvalue weighted by atomic mass is 10.2. The van der Waals surface area contributed by atoms with Crippen molar-refractivity contribution in [1.29, 1.82) is 0 Å². The first kappa shape index (κ1) is 16.7. The number of methoxy groups -OCH3 is 2. The van der Waals surface area contributed by atoms with Gasteiger partial charge in [0.05, 0.1) is 33.5 Å². The van der Waals surface area contributed by atoms with E-state index >= 15 is 0 Å². The van der Waals surface area contributed by atoms with Crippen molar-refractivity contribution in [2.45, 2.75) is 32.5 Å². The summed E-state index contributed by atoms with van der Waals surface area (Å²) in [5, 5.41) is 4.09. The van der Waals surface area contributed by atoms with E-state index in [4.69, 9.17) is 18.7 Å². The monoisotopic (exact) mass is 333 g/mol. The summed E-state index contributed by atoms with van der Waals surface area (Å²) in [5.41, 5.74) is 0.825. The molecule has 1 fully saturated rings. The molecule has 24 heavy (non-hydrogen) atoms. The molecule has 2 heterocycles. The molecule has 7 nitrogen and oxygen atoms in total. The van der Waals surface area contributed by atoms with Crippen molar-refractivity contribution in [3.05, 3.63) is 24.1 Å². The fourth-order valence-electron chi connectivity index (χ4n) is 2.78. The van der Waals surface area contributed by atoms with Crippen LogP contribution in [-0.4, -0.2) is 54.6 Å². The minimum absolute atomic E-state index is 0.217. The van der Waals surface area contributed by atoms with Gasteiger partial charge in [0.15, 0.2) is 11.5 Å². The third kappa shape index (κ3) is 3.52. The summed E-state index contributed by atoms with van der Waals surface area (Å²) in [6.07, 6.45) is 0.217. The zero-order chi connectivity index (χ0) is 17.1. The van der Waals surface area contributed by atoms with Gasteiger partial charge in [-0.05, 0) is 32.0 Å². The van der Waals surface area contributed by atoms with E-state index in [-0.39, 0.29) is 6.10 Å². The second-order valence-electron chi connectivity index (χ2n) is 6.00. The van der Waals surface area contributed by atoms with E-state index in [2.05, 4.69) is 28.9 Å². The Hall–Kier alpha value is -2.12. The summed E-state index contributed by atoms with van der Waals surface area (Å²) in [5.74, 6) is 2.44. The van der Waals surface area contributed by atoms with Gasteiger partial charge in [-0.15, -0.1) is 0 Å². The molecule has 1 aliphatic heterocycles. The molecule has 0 aliphatic carbocycles. The number of morpholine rings is 1. The van der Waals surface area contributed by atoms with Crippen LogP contribution < -0.4 is 9.47 Å². The van der Waals surface area contributed by atoms with Crippen molar-refractivity contribution >= 4 is 0 Å². The zero-order valence-electron chi connectivity index (χ0n) is 14.5. The normalized spacial score (nSPS) is 21.7. The Kier molecular flexibility index (Phi) is 5.01. The molecule has 130 valence electrons. The first-order valence-electron chi connectivity index (χ1n) is 8.01. The van der Waals surface area contributed by atoms with E-state index in [9.17, 15) is 0 Å². The predicted octanol–water partition coefficient (Wildman–Crippen LogP) is 2.36. The van der Waals surface area contributed by atoms with Crippen LogP contribution in [-0.2, 0) is 11.3 Å². The van der Waals surface area contributed by atoms with Gasteiger partial charge in [-0.3, -0.25) is 4.90 Å². The Morgan fingerprint density at radius 1 is 1.21 bits per heavy atom. The van der Waals surface area contributed by atoms with E-state index < -0.39 is 0 Å². The number of hydrogen-bond donors (Lipinski definition) is 0. The maximum Gasteiger partial charge on any atom is 0.241 e. The van der Waals surface area contributed by atoms with Gasteiger partial charge in [0.1, 0.15) is 0 Å². The van der Waals surface area contributed by atoms with Crippen LogP contribution in [0.1, 0.15) is 19.7 Å². The minimum atomic E-state index is 0.217. The fraction of sp³-hybridized carbons (Fsp3) is 0.529. The topological polar surface area (TPSA) is 69.9 Å². The maximum absolute atomic E-state index is 5.65. The number of ether oxygens (including phenoxy) is 3. The van der Waals surface area contributed by atoms with Gasteiger partial charge in [0.2, 0.25) is 11.7 Å². The van der Waals surface area contributed by atoms with Gasteiger partial charge in [-0.1, -0.05) is 5.16 Å². The lowest BCUT2D eigenvalue weighted by molar-refractivity contribution is -0.0555. The third-order valence-electron chi connectivity index (χ3n) is 4.19. The van der Waals surface area contributed by atoms with Crippen LogP contribution in [0, 0.1) is 0 Å². The Labute approximate surface area is 141 Å². The van der Waals surface area contributed by atoms with Crippen LogP contribution in [0.3, 0.4) is 0 Å². The van der Waals surface area contributed by atoms with Gasteiger partial charge in [0.25, 0.3) is 0 Å². The van der Waals surface area contributed by atoms with Crippen molar-refractivity contribution in [3.8, 4) is 22.9 Å². The van der Waals surface area contributed by atoms with Crippen LogP contribution in [0.5, 0.6) is 11.5 Å². The molecule has 0 saturated carbocycles. The number of benzene rings is 1. The molecule has 0 N–H and O–H groups in total. The van der Waals surface area contributed by atoms with Crippen LogP contribution in [0.4, 0.5) is 0 Å². The average Bonchev–Trinajstić information content (AvgIpc) is 3.06. The highest BCUT2D eigenvalue weighted by Gasteiger charge is 2.25. The summed E-state index contributed by atoms with van der Waals surface area (Å²) in [7, 11) is 3.21. The van der Waals surface area contributed by atoms with Gasteiger partial charge in [-0.25, -0.2) is 0 Å². The maximum atomic E-state index is 5.65. The van der Waals surface area contributed by atoms with Gasteiger partial charge in [0, 0.05) is 18.2 Å². The van der Waals surface area contributed by atoms with Crippen molar-refractivity contribution in [2.75, 3.05) is 27.4 Å².